The zero-order chi connectivity index (χ0) is 22.5. The number of benzene rings is 3. The van der Waals surface area contributed by atoms with Gasteiger partial charge in [-0.1, -0.05) is 41.4 Å². The molecule has 0 spiro atoms. The Morgan fingerprint density at radius 1 is 1.09 bits per heavy atom. The Kier molecular flexibility index (Phi) is 6.95. The van der Waals surface area contributed by atoms with E-state index >= 15 is 0 Å². The van der Waals surface area contributed by atoms with E-state index in [4.69, 9.17) is 32.7 Å². The minimum Gasteiger partial charge on any atom is -0.496 e. The van der Waals surface area contributed by atoms with Crippen molar-refractivity contribution in [2.45, 2.75) is 6.61 Å². The fraction of sp³-hybridized carbons (Fsp3) is 0.0833. The van der Waals surface area contributed by atoms with Crippen LogP contribution in [0.5, 0.6) is 11.5 Å². The van der Waals surface area contributed by atoms with Crippen LogP contribution in [0.1, 0.15) is 20.8 Å². The molecule has 5 nitrogen and oxygen atoms in total. The van der Waals surface area contributed by atoms with Crippen LogP contribution in [-0.4, -0.2) is 19.2 Å². The largest absolute Gasteiger partial charge is 0.496 e. The number of hydrazone groups is 1. The van der Waals surface area contributed by atoms with Gasteiger partial charge in [-0.25, -0.2) is 5.43 Å². The van der Waals surface area contributed by atoms with Gasteiger partial charge in [-0.05, 0) is 54.1 Å². The van der Waals surface area contributed by atoms with Gasteiger partial charge in [0, 0.05) is 20.7 Å². The number of halogens is 2. The molecule has 1 amide bonds. The third-order valence-electron chi connectivity index (χ3n) is 4.63. The number of fused-ring (bicyclic) bond motifs is 1. The Hall–Kier alpha value is -3.06. The lowest BCUT2D eigenvalue weighted by Gasteiger charge is -2.11. The van der Waals surface area contributed by atoms with Crippen molar-refractivity contribution in [3.05, 3.63) is 92.8 Å². The fourth-order valence-electron chi connectivity index (χ4n) is 3.06. The number of methoxy groups -OCH3 is 1. The number of carbonyl (C=O) groups excluding carboxylic acids is 1. The Morgan fingerprint density at radius 3 is 2.62 bits per heavy atom. The van der Waals surface area contributed by atoms with E-state index in [0.717, 1.165) is 21.2 Å². The topological polar surface area (TPSA) is 59.9 Å². The van der Waals surface area contributed by atoms with E-state index < -0.39 is 0 Å². The number of thiophene rings is 1. The smallest absolute Gasteiger partial charge is 0.283 e. The van der Waals surface area contributed by atoms with Crippen molar-refractivity contribution in [2.75, 3.05) is 7.11 Å². The summed E-state index contributed by atoms with van der Waals surface area (Å²) in [5.74, 6) is 1.03. The van der Waals surface area contributed by atoms with E-state index in [2.05, 4.69) is 10.5 Å². The highest BCUT2D eigenvalue weighted by Crippen LogP contribution is 2.35. The molecular formula is C24H18Cl2N2O3S. The van der Waals surface area contributed by atoms with Gasteiger partial charge in [0.2, 0.25) is 0 Å². The summed E-state index contributed by atoms with van der Waals surface area (Å²) in [6.45, 7) is 0.302. The Bertz CT molecular complexity index is 1290. The third kappa shape index (κ3) is 5.05. The molecule has 0 unspecified atom stereocenters. The SMILES string of the molecule is COc1ccc(/C=N\NC(=O)c2sc3ccccc3c2Cl)cc1COc1ccc(Cl)cc1. The third-order valence-corrected chi connectivity index (χ3v) is 6.56. The molecule has 32 heavy (non-hydrogen) atoms. The first-order valence-corrected chi connectivity index (χ1v) is 11.2. The number of rotatable bonds is 7. The number of nitrogens with one attached hydrogen (secondary N) is 1. The van der Waals surface area contributed by atoms with Crippen molar-refractivity contribution in [2.24, 2.45) is 5.10 Å². The van der Waals surface area contributed by atoms with Crippen molar-refractivity contribution >= 4 is 56.7 Å². The standard InChI is InChI=1S/C24H18Cl2N2O3S/c1-30-20-11-6-15(12-16(20)14-31-18-9-7-17(25)8-10-18)13-27-28-24(29)23-22(26)19-4-2-3-5-21(19)32-23/h2-13H,14H2,1H3,(H,28,29)/b27-13-. The van der Waals surface area contributed by atoms with Crippen LogP contribution in [0.15, 0.2) is 71.8 Å². The first kappa shape index (κ1) is 22.1. The summed E-state index contributed by atoms with van der Waals surface area (Å²) in [5.41, 5.74) is 4.16. The number of hydrogen-bond donors (Lipinski definition) is 1. The molecule has 1 N–H and O–H groups in total. The molecule has 1 aromatic heterocycles. The van der Waals surface area contributed by atoms with Gasteiger partial charge in [-0.2, -0.15) is 5.10 Å². The maximum atomic E-state index is 12.5. The Morgan fingerprint density at radius 2 is 1.88 bits per heavy atom. The maximum absolute atomic E-state index is 12.5. The molecular weight excluding hydrogens is 467 g/mol. The van der Waals surface area contributed by atoms with Crippen LogP contribution in [0.2, 0.25) is 10.0 Å². The molecule has 0 radical (unpaired) electrons. The van der Waals surface area contributed by atoms with Crippen LogP contribution in [0, 0.1) is 0 Å². The highest BCUT2D eigenvalue weighted by molar-refractivity contribution is 7.21. The summed E-state index contributed by atoms with van der Waals surface area (Å²) in [7, 11) is 1.60. The molecule has 4 aromatic rings. The van der Waals surface area contributed by atoms with Crippen LogP contribution >= 0.6 is 34.5 Å². The van der Waals surface area contributed by atoms with E-state index in [1.165, 1.54) is 11.3 Å². The minimum absolute atomic E-state index is 0.302. The van der Waals surface area contributed by atoms with Gasteiger partial charge in [0.25, 0.3) is 5.91 Å². The van der Waals surface area contributed by atoms with Crippen LogP contribution in [-0.2, 0) is 6.61 Å². The molecule has 3 aromatic carbocycles. The Balaban J connectivity index is 1.45. The number of ether oxygens (including phenoxy) is 2. The molecule has 0 saturated carbocycles. The average molecular weight is 485 g/mol. The first-order valence-electron chi connectivity index (χ1n) is 9.61. The second-order valence-corrected chi connectivity index (χ2v) is 8.62. The predicted molar refractivity (Wildman–Crippen MR) is 131 cm³/mol. The van der Waals surface area contributed by atoms with Crippen molar-refractivity contribution < 1.29 is 14.3 Å². The van der Waals surface area contributed by atoms with Gasteiger partial charge < -0.3 is 9.47 Å². The van der Waals surface area contributed by atoms with Gasteiger partial charge in [-0.3, -0.25) is 4.79 Å². The summed E-state index contributed by atoms with van der Waals surface area (Å²) in [4.78, 5) is 13.0. The molecule has 0 aliphatic rings. The summed E-state index contributed by atoms with van der Waals surface area (Å²) in [6.07, 6.45) is 1.56. The lowest BCUT2D eigenvalue weighted by molar-refractivity contribution is 0.0959. The van der Waals surface area contributed by atoms with E-state index in [1.807, 2.05) is 42.5 Å². The van der Waals surface area contributed by atoms with Crippen LogP contribution in [0.25, 0.3) is 10.1 Å². The van der Waals surface area contributed by atoms with Crippen LogP contribution < -0.4 is 14.9 Å². The minimum atomic E-state index is -0.354. The summed E-state index contributed by atoms with van der Waals surface area (Å²) >= 11 is 13.6. The second kappa shape index (κ2) is 10.0. The van der Waals surface area contributed by atoms with E-state index in [-0.39, 0.29) is 5.91 Å². The lowest BCUT2D eigenvalue weighted by atomic mass is 10.1. The molecule has 4 rings (SSSR count). The van der Waals surface area contributed by atoms with E-state index in [0.29, 0.717) is 33.0 Å². The summed E-state index contributed by atoms with van der Waals surface area (Å²) < 4.78 is 12.2. The molecule has 0 aliphatic heterocycles. The molecule has 0 fully saturated rings. The molecule has 8 heteroatoms. The highest BCUT2D eigenvalue weighted by atomic mass is 35.5. The molecule has 162 valence electrons. The normalized spacial score (nSPS) is 11.1. The van der Waals surface area contributed by atoms with Gasteiger partial charge in [0.1, 0.15) is 23.0 Å². The quantitative estimate of drug-likeness (QED) is 0.238. The van der Waals surface area contributed by atoms with Gasteiger partial charge in [-0.15, -0.1) is 11.3 Å². The highest BCUT2D eigenvalue weighted by Gasteiger charge is 2.16. The van der Waals surface area contributed by atoms with E-state index in [9.17, 15) is 4.79 Å². The van der Waals surface area contributed by atoms with Crippen molar-refractivity contribution in [3.63, 3.8) is 0 Å². The first-order chi connectivity index (χ1) is 15.5. The molecule has 0 bridgehead atoms. The maximum Gasteiger partial charge on any atom is 0.283 e. The van der Waals surface area contributed by atoms with Crippen molar-refractivity contribution in [1.82, 2.24) is 5.43 Å². The predicted octanol–water partition coefficient (Wildman–Crippen LogP) is 6.56. The van der Waals surface area contributed by atoms with E-state index in [1.54, 1.807) is 37.6 Å². The number of hydrogen-bond acceptors (Lipinski definition) is 5. The molecule has 0 saturated heterocycles. The average Bonchev–Trinajstić information content (AvgIpc) is 3.15. The second-order valence-electron chi connectivity index (χ2n) is 6.75. The van der Waals surface area contributed by atoms with Crippen LogP contribution in [0.3, 0.4) is 0 Å². The van der Waals surface area contributed by atoms with Gasteiger partial charge >= 0.3 is 0 Å². The molecule has 0 aliphatic carbocycles. The summed E-state index contributed by atoms with van der Waals surface area (Å²) in [6, 6.07) is 20.3. The zero-order valence-corrected chi connectivity index (χ0v) is 19.3. The number of nitrogens with zero attached hydrogens (tertiary/aromatic N) is 1. The molecule has 0 atom stereocenters. The zero-order valence-electron chi connectivity index (χ0n) is 17.0. The Labute approximate surface area is 199 Å². The van der Waals surface area contributed by atoms with Gasteiger partial charge in [0.05, 0.1) is 18.3 Å². The van der Waals surface area contributed by atoms with Crippen molar-refractivity contribution in [1.29, 1.82) is 0 Å². The number of carbonyl (C=O) groups is 1. The molecule has 1 heterocycles. The van der Waals surface area contributed by atoms with Crippen LogP contribution in [0.4, 0.5) is 0 Å². The monoisotopic (exact) mass is 484 g/mol. The summed E-state index contributed by atoms with van der Waals surface area (Å²) in [5, 5.41) is 6.02. The fourth-order valence-corrected chi connectivity index (χ4v) is 4.59. The lowest BCUT2D eigenvalue weighted by Crippen LogP contribution is -2.16. The van der Waals surface area contributed by atoms with Gasteiger partial charge in [0.15, 0.2) is 0 Å². The van der Waals surface area contributed by atoms with Crippen molar-refractivity contribution in [3.8, 4) is 11.5 Å². The number of amides is 1.